The summed E-state index contributed by atoms with van der Waals surface area (Å²) in [6.45, 7) is 4.16. The molecule has 0 saturated carbocycles. The Kier molecular flexibility index (Phi) is 5.73. The van der Waals surface area contributed by atoms with Crippen LogP contribution in [0.3, 0.4) is 0 Å². The second-order valence-electron chi connectivity index (χ2n) is 6.18. The Morgan fingerprint density at radius 1 is 0.760 bits per heavy atom. The summed E-state index contributed by atoms with van der Waals surface area (Å²) >= 11 is 0. The summed E-state index contributed by atoms with van der Waals surface area (Å²) in [5.41, 5.74) is 5.07. The van der Waals surface area contributed by atoms with Crippen LogP contribution in [0.25, 0.3) is 11.1 Å². The summed E-state index contributed by atoms with van der Waals surface area (Å²) < 4.78 is 5.26. The first-order chi connectivity index (χ1) is 12.3. The van der Waals surface area contributed by atoms with E-state index in [1.807, 2.05) is 12.1 Å². The van der Waals surface area contributed by atoms with E-state index < -0.39 is 0 Å². The van der Waals surface area contributed by atoms with Crippen LogP contribution in [0.2, 0.25) is 0 Å². The molecule has 0 aromatic heterocycles. The van der Waals surface area contributed by atoms with Crippen molar-refractivity contribution in [2.45, 2.75) is 19.9 Å². The summed E-state index contributed by atoms with van der Waals surface area (Å²) in [6, 6.07) is 27.7. The molecule has 0 bridgehead atoms. The highest BCUT2D eigenvalue weighted by Crippen LogP contribution is 2.23. The van der Waals surface area contributed by atoms with Gasteiger partial charge in [0.2, 0.25) is 0 Å². The molecule has 0 amide bonds. The fraction of sp³-hybridized carbons (Fsp3) is 0.217. The molecular weight excluding hydrogens is 306 g/mol. The molecule has 3 aromatic rings. The van der Waals surface area contributed by atoms with Gasteiger partial charge in [0, 0.05) is 18.8 Å². The maximum Gasteiger partial charge on any atom is 0.119 e. The van der Waals surface area contributed by atoms with Crippen molar-refractivity contribution in [3.8, 4) is 16.9 Å². The molecule has 0 aliphatic heterocycles. The van der Waals surface area contributed by atoms with E-state index in [0.29, 0.717) is 0 Å². The minimum atomic E-state index is 0.896. The molecular formula is C23H25NO. The molecule has 0 unspecified atom stereocenters. The van der Waals surface area contributed by atoms with Crippen molar-refractivity contribution in [2.24, 2.45) is 0 Å². The smallest absolute Gasteiger partial charge is 0.119 e. The van der Waals surface area contributed by atoms with Crippen LogP contribution < -0.4 is 9.64 Å². The predicted molar refractivity (Wildman–Crippen MR) is 106 cm³/mol. The van der Waals surface area contributed by atoms with Crippen molar-refractivity contribution in [1.82, 2.24) is 0 Å². The lowest BCUT2D eigenvalue weighted by Crippen LogP contribution is -2.23. The van der Waals surface area contributed by atoms with Crippen molar-refractivity contribution in [3.63, 3.8) is 0 Å². The monoisotopic (exact) mass is 331 g/mol. The molecule has 0 fully saturated rings. The van der Waals surface area contributed by atoms with Gasteiger partial charge < -0.3 is 9.64 Å². The highest BCUT2D eigenvalue weighted by atomic mass is 16.5. The summed E-state index contributed by atoms with van der Waals surface area (Å²) in [7, 11) is 1.70. The molecule has 0 aliphatic rings. The Bertz CT molecular complexity index is 763. The first-order valence-electron chi connectivity index (χ1n) is 8.83. The number of hydrogen-bond acceptors (Lipinski definition) is 2. The Labute approximate surface area is 150 Å². The van der Waals surface area contributed by atoms with Gasteiger partial charge in [0.15, 0.2) is 0 Å². The number of benzene rings is 3. The molecule has 2 nitrogen and oxygen atoms in total. The van der Waals surface area contributed by atoms with Crippen LogP contribution in [0.5, 0.6) is 5.75 Å². The number of anilines is 1. The second-order valence-corrected chi connectivity index (χ2v) is 6.18. The van der Waals surface area contributed by atoms with E-state index >= 15 is 0 Å². The number of nitrogens with zero attached hydrogens (tertiary/aromatic N) is 1. The van der Waals surface area contributed by atoms with Gasteiger partial charge in [0.1, 0.15) is 5.75 Å². The van der Waals surface area contributed by atoms with Gasteiger partial charge >= 0.3 is 0 Å². The molecule has 0 spiro atoms. The number of methoxy groups -OCH3 is 1. The van der Waals surface area contributed by atoms with Crippen molar-refractivity contribution < 1.29 is 4.74 Å². The van der Waals surface area contributed by atoms with Crippen molar-refractivity contribution >= 4 is 5.69 Å². The molecule has 0 radical (unpaired) electrons. The number of ether oxygens (including phenoxy) is 1. The van der Waals surface area contributed by atoms with E-state index in [1.54, 1.807) is 7.11 Å². The fourth-order valence-corrected chi connectivity index (χ4v) is 3.02. The fourth-order valence-electron chi connectivity index (χ4n) is 3.02. The van der Waals surface area contributed by atoms with Crippen LogP contribution in [0.1, 0.15) is 18.9 Å². The minimum absolute atomic E-state index is 0.896. The van der Waals surface area contributed by atoms with Gasteiger partial charge in [-0.05, 0) is 47.4 Å². The summed E-state index contributed by atoms with van der Waals surface area (Å²) in [5.74, 6) is 0.896. The van der Waals surface area contributed by atoms with Crippen LogP contribution in [0.15, 0.2) is 78.9 Å². The van der Waals surface area contributed by atoms with Crippen LogP contribution in [-0.2, 0) is 6.54 Å². The molecule has 0 aliphatic carbocycles. The molecule has 0 N–H and O–H groups in total. The van der Waals surface area contributed by atoms with Gasteiger partial charge in [0.05, 0.1) is 7.11 Å². The second kappa shape index (κ2) is 8.39. The summed E-state index contributed by atoms with van der Waals surface area (Å²) in [6.07, 6.45) is 1.12. The average Bonchev–Trinajstić information content (AvgIpc) is 2.69. The standard InChI is InChI=1S/C23H25NO/c1-3-17-24(22-13-15-23(25-2)16-14-22)18-19-9-11-21(12-10-19)20-7-5-4-6-8-20/h4-16H,3,17-18H2,1-2H3. The van der Waals surface area contributed by atoms with E-state index in [0.717, 1.165) is 25.3 Å². The summed E-state index contributed by atoms with van der Waals surface area (Å²) in [4.78, 5) is 2.41. The van der Waals surface area contributed by atoms with Crippen molar-refractivity contribution in [2.75, 3.05) is 18.6 Å². The number of hydrogen-bond donors (Lipinski definition) is 0. The lowest BCUT2D eigenvalue weighted by atomic mass is 10.0. The molecule has 3 aromatic carbocycles. The average molecular weight is 331 g/mol. The quantitative estimate of drug-likeness (QED) is 0.544. The van der Waals surface area contributed by atoms with E-state index in [1.165, 1.54) is 22.4 Å². The topological polar surface area (TPSA) is 12.5 Å². The largest absolute Gasteiger partial charge is 0.497 e. The third-order valence-electron chi connectivity index (χ3n) is 4.37. The number of rotatable bonds is 7. The van der Waals surface area contributed by atoms with Gasteiger partial charge in [-0.15, -0.1) is 0 Å². The third kappa shape index (κ3) is 4.42. The first kappa shape index (κ1) is 17.1. The SMILES string of the molecule is CCCN(Cc1ccc(-c2ccccc2)cc1)c1ccc(OC)cc1. The molecule has 25 heavy (non-hydrogen) atoms. The molecule has 0 heterocycles. The van der Waals surface area contributed by atoms with Gasteiger partial charge in [-0.1, -0.05) is 61.5 Å². The Morgan fingerprint density at radius 2 is 1.40 bits per heavy atom. The molecule has 2 heteroatoms. The molecule has 0 saturated heterocycles. The molecule has 3 rings (SSSR count). The van der Waals surface area contributed by atoms with E-state index in [2.05, 4.69) is 78.6 Å². The van der Waals surface area contributed by atoms with Crippen molar-refractivity contribution in [3.05, 3.63) is 84.4 Å². The minimum Gasteiger partial charge on any atom is -0.497 e. The van der Waals surface area contributed by atoms with Crippen LogP contribution in [0.4, 0.5) is 5.69 Å². The zero-order valence-electron chi connectivity index (χ0n) is 15.0. The Morgan fingerprint density at radius 3 is 2.00 bits per heavy atom. The van der Waals surface area contributed by atoms with Gasteiger partial charge in [0.25, 0.3) is 0 Å². The maximum atomic E-state index is 5.26. The van der Waals surface area contributed by atoms with Gasteiger partial charge in [-0.3, -0.25) is 0 Å². The highest BCUT2D eigenvalue weighted by molar-refractivity contribution is 5.63. The Balaban J connectivity index is 1.75. The maximum absolute atomic E-state index is 5.26. The normalized spacial score (nSPS) is 10.5. The first-order valence-corrected chi connectivity index (χ1v) is 8.83. The van der Waals surface area contributed by atoms with Crippen LogP contribution in [-0.4, -0.2) is 13.7 Å². The van der Waals surface area contributed by atoms with E-state index in [4.69, 9.17) is 4.74 Å². The zero-order chi connectivity index (χ0) is 17.5. The van der Waals surface area contributed by atoms with Crippen molar-refractivity contribution in [1.29, 1.82) is 0 Å². The van der Waals surface area contributed by atoms with E-state index in [-0.39, 0.29) is 0 Å². The van der Waals surface area contributed by atoms with Gasteiger partial charge in [-0.2, -0.15) is 0 Å². The Hall–Kier alpha value is -2.74. The highest BCUT2D eigenvalue weighted by Gasteiger charge is 2.07. The van der Waals surface area contributed by atoms with Crippen LogP contribution >= 0.6 is 0 Å². The summed E-state index contributed by atoms with van der Waals surface area (Å²) in [5, 5.41) is 0. The lowest BCUT2D eigenvalue weighted by molar-refractivity contribution is 0.415. The predicted octanol–water partition coefficient (Wildman–Crippen LogP) is 5.78. The van der Waals surface area contributed by atoms with Gasteiger partial charge in [-0.25, -0.2) is 0 Å². The molecule has 128 valence electrons. The third-order valence-corrected chi connectivity index (χ3v) is 4.37. The lowest BCUT2D eigenvalue weighted by Gasteiger charge is -2.25. The zero-order valence-corrected chi connectivity index (χ0v) is 15.0. The molecule has 0 atom stereocenters. The van der Waals surface area contributed by atoms with Crippen LogP contribution in [0, 0.1) is 0 Å². The van der Waals surface area contributed by atoms with E-state index in [9.17, 15) is 0 Å².